The van der Waals surface area contributed by atoms with Crippen LogP contribution in [0.5, 0.6) is 5.75 Å². The Labute approximate surface area is 92.4 Å². The van der Waals surface area contributed by atoms with E-state index in [9.17, 15) is 0 Å². The van der Waals surface area contributed by atoms with Crippen LogP contribution in [0.25, 0.3) is 0 Å². The lowest BCUT2D eigenvalue weighted by atomic mass is 9.95. The van der Waals surface area contributed by atoms with E-state index in [-0.39, 0.29) is 0 Å². The van der Waals surface area contributed by atoms with Gasteiger partial charge in [-0.05, 0) is 49.9 Å². The molecule has 0 saturated carbocycles. The molecule has 0 spiro atoms. The second kappa shape index (κ2) is 5.76. The van der Waals surface area contributed by atoms with Crippen molar-refractivity contribution >= 4 is 0 Å². The van der Waals surface area contributed by atoms with Crippen LogP contribution in [0.1, 0.15) is 37.3 Å². The van der Waals surface area contributed by atoms with Crippen molar-refractivity contribution < 1.29 is 4.74 Å². The van der Waals surface area contributed by atoms with Crippen LogP contribution in [-0.4, -0.2) is 13.2 Å². The maximum absolute atomic E-state index is 5.73. The predicted octanol–water partition coefficient (Wildman–Crippen LogP) is 2.85. The molecule has 0 aliphatic rings. The minimum absolute atomic E-state index is 0.472. The molecule has 0 amide bonds. The molecule has 0 aliphatic heterocycles. The Morgan fingerprint density at radius 1 is 1.33 bits per heavy atom. The summed E-state index contributed by atoms with van der Waals surface area (Å²) in [6.45, 7) is 7.68. The first-order valence-corrected chi connectivity index (χ1v) is 5.66. The van der Waals surface area contributed by atoms with Gasteiger partial charge in [-0.1, -0.05) is 19.1 Å². The summed E-state index contributed by atoms with van der Waals surface area (Å²) in [6.07, 6.45) is 1.09. The molecule has 0 bridgehead atoms. The molecule has 84 valence electrons. The van der Waals surface area contributed by atoms with Crippen molar-refractivity contribution in [2.24, 2.45) is 5.73 Å². The average Bonchev–Trinajstić information content (AvgIpc) is 2.24. The smallest absolute Gasteiger partial charge is 0.122 e. The zero-order valence-electron chi connectivity index (χ0n) is 9.92. The summed E-state index contributed by atoms with van der Waals surface area (Å²) in [4.78, 5) is 0. The summed E-state index contributed by atoms with van der Waals surface area (Å²) in [5.74, 6) is 1.45. The number of nitrogens with two attached hydrogens (primary N) is 1. The van der Waals surface area contributed by atoms with E-state index in [0.717, 1.165) is 12.2 Å². The summed E-state index contributed by atoms with van der Waals surface area (Å²) < 4.78 is 5.51. The molecule has 1 rings (SSSR count). The highest BCUT2D eigenvalue weighted by molar-refractivity contribution is 5.37. The number of aryl methyl sites for hydroxylation is 1. The first kappa shape index (κ1) is 12.1. The van der Waals surface area contributed by atoms with Crippen LogP contribution in [0, 0.1) is 6.92 Å². The fourth-order valence-corrected chi connectivity index (χ4v) is 1.78. The lowest BCUT2D eigenvalue weighted by molar-refractivity contribution is 0.337. The minimum Gasteiger partial charge on any atom is -0.494 e. The Morgan fingerprint density at radius 2 is 2.07 bits per heavy atom. The van der Waals surface area contributed by atoms with Gasteiger partial charge in [-0.3, -0.25) is 0 Å². The van der Waals surface area contributed by atoms with Crippen molar-refractivity contribution in [3.8, 4) is 5.75 Å². The highest BCUT2D eigenvalue weighted by Gasteiger charge is 2.08. The summed E-state index contributed by atoms with van der Waals surface area (Å²) in [5, 5.41) is 0. The molecule has 0 saturated heterocycles. The molecule has 2 heteroatoms. The molecule has 1 unspecified atom stereocenters. The summed E-state index contributed by atoms with van der Waals surface area (Å²) in [6, 6.07) is 6.36. The topological polar surface area (TPSA) is 35.2 Å². The highest BCUT2D eigenvalue weighted by Crippen LogP contribution is 2.25. The molecule has 1 aromatic carbocycles. The van der Waals surface area contributed by atoms with E-state index < -0.39 is 0 Å². The molecule has 0 aromatic heterocycles. The van der Waals surface area contributed by atoms with Gasteiger partial charge in [0.1, 0.15) is 5.75 Å². The molecule has 1 aromatic rings. The molecule has 2 N–H and O–H groups in total. The third kappa shape index (κ3) is 2.96. The summed E-state index contributed by atoms with van der Waals surface area (Å²) in [7, 11) is 0. The zero-order chi connectivity index (χ0) is 11.3. The summed E-state index contributed by atoms with van der Waals surface area (Å²) in [5.41, 5.74) is 8.25. The van der Waals surface area contributed by atoms with E-state index >= 15 is 0 Å². The van der Waals surface area contributed by atoms with Gasteiger partial charge in [0.05, 0.1) is 6.61 Å². The molecule has 0 heterocycles. The van der Waals surface area contributed by atoms with Gasteiger partial charge >= 0.3 is 0 Å². The predicted molar refractivity (Wildman–Crippen MR) is 64.4 cm³/mol. The number of ether oxygens (including phenoxy) is 1. The van der Waals surface area contributed by atoms with Crippen LogP contribution in [0.15, 0.2) is 18.2 Å². The van der Waals surface area contributed by atoms with Gasteiger partial charge in [0.25, 0.3) is 0 Å². The van der Waals surface area contributed by atoms with Crippen LogP contribution < -0.4 is 10.5 Å². The van der Waals surface area contributed by atoms with Gasteiger partial charge in [0.15, 0.2) is 0 Å². The second-order valence-electron chi connectivity index (χ2n) is 3.80. The molecule has 1 atom stereocenters. The fraction of sp³-hybridized carbons (Fsp3) is 0.538. The number of hydrogen-bond donors (Lipinski definition) is 1. The van der Waals surface area contributed by atoms with E-state index in [1.165, 1.54) is 11.1 Å². The molecular formula is C13H21NO. The van der Waals surface area contributed by atoms with Crippen LogP contribution >= 0.6 is 0 Å². The second-order valence-corrected chi connectivity index (χ2v) is 3.80. The van der Waals surface area contributed by atoms with E-state index in [1.54, 1.807) is 0 Å². The zero-order valence-corrected chi connectivity index (χ0v) is 9.92. The first-order chi connectivity index (χ1) is 7.22. The largest absolute Gasteiger partial charge is 0.494 e. The van der Waals surface area contributed by atoms with Gasteiger partial charge in [0.2, 0.25) is 0 Å². The van der Waals surface area contributed by atoms with Crippen molar-refractivity contribution in [1.82, 2.24) is 0 Å². The van der Waals surface area contributed by atoms with Crippen molar-refractivity contribution in [3.05, 3.63) is 29.3 Å². The third-order valence-corrected chi connectivity index (χ3v) is 2.75. The Balaban J connectivity index is 2.89. The molecule has 0 radical (unpaired) electrons. The maximum atomic E-state index is 5.73. The lowest BCUT2D eigenvalue weighted by Gasteiger charge is -2.15. The van der Waals surface area contributed by atoms with Gasteiger partial charge in [0, 0.05) is 0 Å². The molecule has 0 fully saturated rings. The minimum atomic E-state index is 0.472. The Bertz CT molecular complexity index is 305. The molecule has 0 aliphatic carbocycles. The van der Waals surface area contributed by atoms with Gasteiger partial charge in [-0.15, -0.1) is 0 Å². The van der Waals surface area contributed by atoms with Crippen molar-refractivity contribution in [1.29, 1.82) is 0 Å². The summed E-state index contributed by atoms with van der Waals surface area (Å²) >= 11 is 0. The molecule has 15 heavy (non-hydrogen) atoms. The SMILES string of the molecule is CCOc1ccc(C(CC)CN)cc1C. The fourth-order valence-electron chi connectivity index (χ4n) is 1.78. The van der Waals surface area contributed by atoms with E-state index in [1.807, 2.05) is 13.0 Å². The Morgan fingerprint density at radius 3 is 2.53 bits per heavy atom. The Hall–Kier alpha value is -1.02. The van der Waals surface area contributed by atoms with Crippen LogP contribution in [0.2, 0.25) is 0 Å². The maximum Gasteiger partial charge on any atom is 0.122 e. The van der Waals surface area contributed by atoms with Crippen molar-refractivity contribution in [3.63, 3.8) is 0 Å². The molecule has 2 nitrogen and oxygen atoms in total. The lowest BCUT2D eigenvalue weighted by Crippen LogP contribution is -2.11. The van der Waals surface area contributed by atoms with Crippen LogP contribution in [0.3, 0.4) is 0 Å². The number of hydrogen-bond acceptors (Lipinski definition) is 2. The average molecular weight is 207 g/mol. The Kier molecular flexibility index (Phi) is 4.63. The van der Waals surface area contributed by atoms with Gasteiger partial charge < -0.3 is 10.5 Å². The first-order valence-electron chi connectivity index (χ1n) is 5.66. The quantitative estimate of drug-likeness (QED) is 0.805. The van der Waals surface area contributed by atoms with E-state index in [0.29, 0.717) is 19.1 Å². The molecular weight excluding hydrogens is 186 g/mol. The highest BCUT2D eigenvalue weighted by atomic mass is 16.5. The van der Waals surface area contributed by atoms with Crippen molar-refractivity contribution in [2.45, 2.75) is 33.1 Å². The van der Waals surface area contributed by atoms with E-state index in [2.05, 4.69) is 26.0 Å². The van der Waals surface area contributed by atoms with E-state index in [4.69, 9.17) is 10.5 Å². The van der Waals surface area contributed by atoms with Crippen LogP contribution in [-0.2, 0) is 0 Å². The number of benzene rings is 1. The van der Waals surface area contributed by atoms with Gasteiger partial charge in [-0.2, -0.15) is 0 Å². The third-order valence-electron chi connectivity index (χ3n) is 2.75. The monoisotopic (exact) mass is 207 g/mol. The normalized spacial score (nSPS) is 12.5. The number of rotatable bonds is 5. The van der Waals surface area contributed by atoms with Crippen LogP contribution in [0.4, 0.5) is 0 Å². The van der Waals surface area contributed by atoms with Gasteiger partial charge in [-0.25, -0.2) is 0 Å². The standard InChI is InChI=1S/C13H21NO/c1-4-11(9-14)12-6-7-13(15-5-2)10(3)8-12/h6-8,11H,4-5,9,14H2,1-3H3. The van der Waals surface area contributed by atoms with Crippen molar-refractivity contribution in [2.75, 3.05) is 13.2 Å².